The van der Waals surface area contributed by atoms with Crippen LogP contribution in [0.4, 0.5) is 19.3 Å². The minimum Gasteiger partial charge on any atom is -0.345 e. The standard InChI is InChI=1S/C18H21F2N3O/c1-3-4-16-17-8-5-12(2)22(17)9-10-23(16)18(24)21-15-7-6-13(19)11-14(15)20/h5-8,11,16H,3-4,9-10H2,1-2H3,(H,21,24). The number of carbonyl (C=O) groups is 1. The zero-order chi connectivity index (χ0) is 17.3. The molecule has 2 aromatic rings. The molecule has 1 aromatic carbocycles. The number of nitrogens with zero attached hydrogens (tertiary/aromatic N) is 2. The van der Waals surface area contributed by atoms with Gasteiger partial charge in [0.05, 0.1) is 11.7 Å². The number of urea groups is 1. The maximum Gasteiger partial charge on any atom is 0.322 e. The van der Waals surface area contributed by atoms with Gasteiger partial charge in [-0.1, -0.05) is 13.3 Å². The number of carbonyl (C=O) groups excluding carboxylic acids is 1. The molecule has 1 aliphatic rings. The van der Waals surface area contributed by atoms with Crippen LogP contribution < -0.4 is 5.32 Å². The molecule has 0 saturated carbocycles. The van der Waals surface area contributed by atoms with Gasteiger partial charge in [0.15, 0.2) is 0 Å². The number of hydrogen-bond acceptors (Lipinski definition) is 1. The minimum atomic E-state index is -0.772. The molecule has 2 amide bonds. The van der Waals surface area contributed by atoms with Gasteiger partial charge in [-0.2, -0.15) is 0 Å². The van der Waals surface area contributed by atoms with Gasteiger partial charge in [-0.3, -0.25) is 0 Å². The number of aryl methyl sites for hydroxylation is 1. The highest BCUT2D eigenvalue weighted by Gasteiger charge is 2.31. The van der Waals surface area contributed by atoms with E-state index in [1.165, 1.54) is 11.8 Å². The molecule has 0 saturated heterocycles. The van der Waals surface area contributed by atoms with Gasteiger partial charge in [-0.05, 0) is 37.6 Å². The monoisotopic (exact) mass is 333 g/mol. The van der Waals surface area contributed by atoms with Gasteiger partial charge >= 0.3 is 6.03 Å². The van der Waals surface area contributed by atoms with Gasteiger partial charge in [-0.25, -0.2) is 13.6 Å². The third-order valence-electron chi connectivity index (χ3n) is 4.51. The fourth-order valence-corrected chi connectivity index (χ4v) is 3.31. The van der Waals surface area contributed by atoms with Crippen molar-refractivity contribution in [2.24, 2.45) is 0 Å². The number of amides is 2. The maximum absolute atomic E-state index is 13.8. The van der Waals surface area contributed by atoms with E-state index < -0.39 is 11.6 Å². The van der Waals surface area contributed by atoms with E-state index in [0.717, 1.165) is 30.7 Å². The van der Waals surface area contributed by atoms with E-state index >= 15 is 0 Å². The Bertz CT molecular complexity index is 757. The van der Waals surface area contributed by atoms with E-state index in [9.17, 15) is 13.6 Å². The predicted molar refractivity (Wildman–Crippen MR) is 88.9 cm³/mol. The Morgan fingerprint density at radius 1 is 1.25 bits per heavy atom. The Morgan fingerprint density at radius 3 is 2.75 bits per heavy atom. The van der Waals surface area contributed by atoms with Crippen molar-refractivity contribution in [2.75, 3.05) is 11.9 Å². The average molecular weight is 333 g/mol. The first kappa shape index (κ1) is 16.5. The lowest BCUT2D eigenvalue weighted by atomic mass is 10.0. The summed E-state index contributed by atoms with van der Waals surface area (Å²) in [4.78, 5) is 14.4. The van der Waals surface area contributed by atoms with Crippen molar-refractivity contribution in [1.29, 1.82) is 0 Å². The molecule has 1 N–H and O–H groups in total. The van der Waals surface area contributed by atoms with Crippen LogP contribution in [0.1, 0.15) is 37.2 Å². The molecular weight excluding hydrogens is 312 g/mol. The minimum absolute atomic E-state index is 0.00575. The highest BCUT2D eigenvalue weighted by atomic mass is 19.1. The predicted octanol–water partition coefficient (Wildman–Crippen LogP) is 4.46. The van der Waals surface area contributed by atoms with Crippen molar-refractivity contribution in [3.8, 4) is 0 Å². The molecular formula is C18H21F2N3O. The first-order valence-electron chi connectivity index (χ1n) is 8.20. The van der Waals surface area contributed by atoms with Crippen molar-refractivity contribution in [3.63, 3.8) is 0 Å². The summed E-state index contributed by atoms with van der Waals surface area (Å²) in [5.41, 5.74) is 2.28. The van der Waals surface area contributed by atoms with Gasteiger partial charge in [0, 0.05) is 30.5 Å². The van der Waals surface area contributed by atoms with E-state index in [0.29, 0.717) is 13.1 Å². The SMILES string of the molecule is CCCC1c2ccc(C)n2CCN1C(=O)Nc1ccc(F)cc1F. The lowest BCUT2D eigenvalue weighted by Gasteiger charge is -2.37. The molecule has 0 aliphatic carbocycles. The van der Waals surface area contributed by atoms with Crippen molar-refractivity contribution in [3.05, 3.63) is 53.4 Å². The summed E-state index contributed by atoms with van der Waals surface area (Å²) in [5.74, 6) is -1.44. The van der Waals surface area contributed by atoms with Crippen molar-refractivity contribution in [2.45, 2.75) is 39.3 Å². The fraction of sp³-hybridized carbons (Fsp3) is 0.389. The van der Waals surface area contributed by atoms with Gasteiger partial charge in [0.1, 0.15) is 11.6 Å². The number of benzene rings is 1. The lowest BCUT2D eigenvalue weighted by molar-refractivity contribution is 0.162. The van der Waals surface area contributed by atoms with E-state index in [2.05, 4.69) is 29.8 Å². The number of hydrogen-bond donors (Lipinski definition) is 1. The van der Waals surface area contributed by atoms with E-state index in [1.54, 1.807) is 4.90 Å². The zero-order valence-corrected chi connectivity index (χ0v) is 13.9. The summed E-state index contributed by atoms with van der Waals surface area (Å²) >= 11 is 0. The van der Waals surface area contributed by atoms with Crippen LogP contribution in [-0.4, -0.2) is 22.0 Å². The fourth-order valence-electron chi connectivity index (χ4n) is 3.31. The molecule has 2 heterocycles. The number of nitrogens with one attached hydrogen (secondary N) is 1. The Hall–Kier alpha value is -2.37. The molecule has 0 radical (unpaired) electrons. The molecule has 1 atom stereocenters. The van der Waals surface area contributed by atoms with Crippen LogP contribution in [0.25, 0.3) is 0 Å². The van der Waals surface area contributed by atoms with E-state index in [-0.39, 0.29) is 17.8 Å². The number of aromatic nitrogens is 1. The Morgan fingerprint density at radius 2 is 2.04 bits per heavy atom. The quantitative estimate of drug-likeness (QED) is 0.884. The molecule has 4 nitrogen and oxygen atoms in total. The van der Waals surface area contributed by atoms with Gasteiger partial charge in [0.25, 0.3) is 0 Å². The Balaban J connectivity index is 1.83. The largest absolute Gasteiger partial charge is 0.345 e. The topological polar surface area (TPSA) is 37.3 Å². The van der Waals surface area contributed by atoms with E-state index in [1.807, 2.05) is 6.07 Å². The summed E-state index contributed by atoms with van der Waals surface area (Å²) in [5, 5.41) is 2.57. The van der Waals surface area contributed by atoms with Crippen LogP contribution in [0.2, 0.25) is 0 Å². The summed E-state index contributed by atoms with van der Waals surface area (Å²) in [6, 6.07) is 6.85. The van der Waals surface area contributed by atoms with Crippen LogP contribution in [-0.2, 0) is 6.54 Å². The van der Waals surface area contributed by atoms with E-state index in [4.69, 9.17) is 0 Å². The van der Waals surface area contributed by atoms with Gasteiger partial charge in [0.2, 0.25) is 0 Å². The Labute approximate surface area is 140 Å². The molecule has 1 aromatic heterocycles. The normalized spacial score (nSPS) is 16.8. The van der Waals surface area contributed by atoms with Crippen LogP contribution in [0, 0.1) is 18.6 Å². The van der Waals surface area contributed by atoms with Crippen molar-refractivity contribution < 1.29 is 13.6 Å². The molecule has 0 fully saturated rings. The lowest BCUT2D eigenvalue weighted by Crippen LogP contribution is -2.44. The summed E-state index contributed by atoms with van der Waals surface area (Å²) in [6.07, 6.45) is 1.77. The van der Waals surface area contributed by atoms with Crippen LogP contribution >= 0.6 is 0 Å². The smallest absolute Gasteiger partial charge is 0.322 e. The third kappa shape index (κ3) is 3.00. The molecule has 6 heteroatoms. The molecule has 0 bridgehead atoms. The molecule has 0 spiro atoms. The number of rotatable bonds is 3. The molecule has 1 aliphatic heterocycles. The molecule has 1 unspecified atom stereocenters. The first-order chi connectivity index (χ1) is 11.5. The average Bonchev–Trinajstić information content (AvgIpc) is 2.92. The highest BCUT2D eigenvalue weighted by Crippen LogP contribution is 2.32. The van der Waals surface area contributed by atoms with Crippen molar-refractivity contribution >= 4 is 11.7 Å². The van der Waals surface area contributed by atoms with Gasteiger partial charge in [-0.15, -0.1) is 0 Å². The molecule has 3 rings (SSSR count). The molecule has 24 heavy (non-hydrogen) atoms. The number of fused-ring (bicyclic) bond motifs is 1. The second kappa shape index (κ2) is 6.63. The number of halogens is 2. The zero-order valence-electron chi connectivity index (χ0n) is 13.9. The first-order valence-corrected chi connectivity index (χ1v) is 8.20. The maximum atomic E-state index is 13.8. The summed E-state index contributed by atoms with van der Waals surface area (Å²) in [7, 11) is 0. The van der Waals surface area contributed by atoms with Crippen LogP contribution in [0.3, 0.4) is 0 Å². The Kier molecular flexibility index (Phi) is 4.55. The second-order valence-corrected chi connectivity index (χ2v) is 6.10. The summed E-state index contributed by atoms with van der Waals surface area (Å²) < 4.78 is 29.0. The van der Waals surface area contributed by atoms with Crippen molar-refractivity contribution in [1.82, 2.24) is 9.47 Å². The third-order valence-corrected chi connectivity index (χ3v) is 4.51. The van der Waals surface area contributed by atoms with Crippen LogP contribution in [0.15, 0.2) is 30.3 Å². The second-order valence-electron chi connectivity index (χ2n) is 6.10. The van der Waals surface area contributed by atoms with Crippen LogP contribution in [0.5, 0.6) is 0 Å². The van der Waals surface area contributed by atoms with Gasteiger partial charge < -0.3 is 14.8 Å². The molecule has 128 valence electrons. The number of anilines is 1. The summed E-state index contributed by atoms with van der Waals surface area (Å²) in [6.45, 7) is 5.40. The highest BCUT2D eigenvalue weighted by molar-refractivity contribution is 5.89.